The highest BCUT2D eigenvalue weighted by molar-refractivity contribution is 5.92. The number of carbonyl (C=O) groups is 1. The third-order valence-electron chi connectivity index (χ3n) is 3.44. The maximum atomic E-state index is 11.2. The third-order valence-corrected chi connectivity index (χ3v) is 3.44. The first-order chi connectivity index (χ1) is 12.1. The van der Waals surface area contributed by atoms with Gasteiger partial charge in [-0.1, -0.05) is 25.7 Å². The quantitative estimate of drug-likeness (QED) is 0.141. The molecule has 0 bridgehead atoms. The van der Waals surface area contributed by atoms with Crippen molar-refractivity contribution in [1.82, 2.24) is 5.32 Å². The molecule has 0 amide bonds. The third kappa shape index (κ3) is 11.8. The standard InChI is InChI=1S/C19H31N3O3/c1-5-8-17(10-11-19(23)24-4)25-15-16(6-2)12-14-22-18(21-3)9-7-13-20/h5,7-11,16H,1,6,12-15,20H2,2-4H3,(H,21,22)/b9-7-,11-10+,17-8+. The van der Waals surface area contributed by atoms with E-state index in [-0.39, 0.29) is 0 Å². The van der Waals surface area contributed by atoms with Crippen LogP contribution in [0.5, 0.6) is 0 Å². The number of hydrogen-bond acceptors (Lipinski definition) is 5. The number of amidine groups is 1. The fourth-order valence-corrected chi connectivity index (χ4v) is 1.90. The fraction of sp³-hybridized carbons (Fsp3) is 0.474. The molecule has 140 valence electrons. The molecule has 0 aliphatic heterocycles. The predicted octanol–water partition coefficient (Wildman–Crippen LogP) is 2.35. The van der Waals surface area contributed by atoms with Gasteiger partial charge < -0.3 is 20.5 Å². The zero-order valence-electron chi connectivity index (χ0n) is 15.5. The molecule has 0 spiro atoms. The van der Waals surface area contributed by atoms with E-state index in [9.17, 15) is 4.79 Å². The minimum Gasteiger partial charge on any atom is -0.493 e. The predicted molar refractivity (Wildman–Crippen MR) is 103 cm³/mol. The van der Waals surface area contributed by atoms with Crippen molar-refractivity contribution in [2.24, 2.45) is 16.6 Å². The van der Waals surface area contributed by atoms with Crippen LogP contribution in [0.25, 0.3) is 0 Å². The first-order valence-electron chi connectivity index (χ1n) is 8.39. The van der Waals surface area contributed by atoms with Crippen LogP contribution in [0.2, 0.25) is 0 Å². The van der Waals surface area contributed by atoms with E-state index in [0.29, 0.717) is 24.8 Å². The van der Waals surface area contributed by atoms with E-state index in [2.05, 4.69) is 28.5 Å². The van der Waals surface area contributed by atoms with E-state index >= 15 is 0 Å². The molecule has 0 aliphatic carbocycles. The van der Waals surface area contributed by atoms with Crippen LogP contribution >= 0.6 is 0 Å². The maximum absolute atomic E-state index is 11.2. The number of carbonyl (C=O) groups excluding carboxylic acids is 1. The van der Waals surface area contributed by atoms with E-state index in [1.54, 1.807) is 25.3 Å². The van der Waals surface area contributed by atoms with Crippen molar-refractivity contribution in [3.8, 4) is 0 Å². The molecule has 0 aromatic heterocycles. The van der Waals surface area contributed by atoms with Crippen LogP contribution in [0.4, 0.5) is 0 Å². The number of rotatable bonds is 12. The van der Waals surface area contributed by atoms with Gasteiger partial charge in [-0.05, 0) is 37.0 Å². The van der Waals surface area contributed by atoms with Crippen LogP contribution in [0.15, 0.2) is 53.8 Å². The van der Waals surface area contributed by atoms with Crippen molar-refractivity contribution in [1.29, 1.82) is 0 Å². The van der Waals surface area contributed by atoms with Gasteiger partial charge >= 0.3 is 5.97 Å². The minimum absolute atomic E-state index is 0.379. The molecular formula is C19H31N3O3. The second kappa shape index (κ2) is 15.2. The molecule has 0 heterocycles. The van der Waals surface area contributed by atoms with Gasteiger partial charge in [-0.3, -0.25) is 4.99 Å². The molecule has 3 N–H and O–H groups in total. The van der Waals surface area contributed by atoms with Gasteiger partial charge in [0.05, 0.1) is 13.7 Å². The Morgan fingerprint density at radius 1 is 1.36 bits per heavy atom. The van der Waals surface area contributed by atoms with E-state index in [1.807, 2.05) is 12.2 Å². The lowest BCUT2D eigenvalue weighted by Crippen LogP contribution is -2.25. The SMILES string of the molecule is C=C/C=C(\C=C\C(=O)OC)OCC(CC)CCNC(/C=C\CN)=NC. The highest BCUT2D eigenvalue weighted by Crippen LogP contribution is 2.11. The summed E-state index contributed by atoms with van der Waals surface area (Å²) in [4.78, 5) is 15.3. The Morgan fingerprint density at radius 2 is 2.12 bits per heavy atom. The highest BCUT2D eigenvalue weighted by Gasteiger charge is 2.08. The number of hydrogen-bond donors (Lipinski definition) is 2. The van der Waals surface area contributed by atoms with Gasteiger partial charge in [0.2, 0.25) is 0 Å². The molecule has 0 rings (SSSR count). The summed E-state index contributed by atoms with van der Waals surface area (Å²) in [5, 5.41) is 3.28. The second-order valence-corrected chi connectivity index (χ2v) is 5.21. The summed E-state index contributed by atoms with van der Waals surface area (Å²) in [6, 6.07) is 0. The summed E-state index contributed by atoms with van der Waals surface area (Å²) in [5.74, 6) is 1.35. The molecular weight excluding hydrogens is 318 g/mol. The minimum atomic E-state index is -0.424. The Morgan fingerprint density at radius 3 is 2.68 bits per heavy atom. The van der Waals surface area contributed by atoms with E-state index in [4.69, 9.17) is 10.5 Å². The summed E-state index contributed by atoms with van der Waals surface area (Å²) in [7, 11) is 3.07. The first-order valence-corrected chi connectivity index (χ1v) is 8.39. The van der Waals surface area contributed by atoms with Crippen molar-refractivity contribution in [2.45, 2.75) is 19.8 Å². The number of nitrogens with zero attached hydrogens (tertiary/aromatic N) is 1. The largest absolute Gasteiger partial charge is 0.493 e. The van der Waals surface area contributed by atoms with Crippen molar-refractivity contribution >= 4 is 11.8 Å². The van der Waals surface area contributed by atoms with Crippen molar-refractivity contribution in [2.75, 3.05) is 33.9 Å². The Labute approximate surface area is 151 Å². The number of esters is 1. The number of methoxy groups -OCH3 is 1. The van der Waals surface area contributed by atoms with Gasteiger partial charge in [0.15, 0.2) is 0 Å². The Bertz CT molecular complexity index is 508. The Hall–Kier alpha value is -2.34. The average molecular weight is 349 g/mol. The highest BCUT2D eigenvalue weighted by atomic mass is 16.5. The summed E-state index contributed by atoms with van der Waals surface area (Å²) >= 11 is 0. The first kappa shape index (κ1) is 22.7. The number of nitrogens with one attached hydrogen (secondary N) is 1. The lowest BCUT2D eigenvalue weighted by molar-refractivity contribution is -0.134. The Balaban J connectivity index is 4.44. The molecule has 1 unspecified atom stereocenters. The summed E-state index contributed by atoms with van der Waals surface area (Å²) in [6.07, 6.45) is 11.9. The van der Waals surface area contributed by atoms with Gasteiger partial charge in [0, 0.05) is 26.2 Å². The van der Waals surface area contributed by atoms with Crippen molar-refractivity contribution in [3.05, 3.63) is 48.8 Å². The molecule has 0 aromatic rings. The van der Waals surface area contributed by atoms with Crippen LogP contribution in [0.3, 0.4) is 0 Å². The van der Waals surface area contributed by atoms with Gasteiger partial charge in [0.1, 0.15) is 11.6 Å². The number of nitrogens with two attached hydrogens (primary N) is 1. The van der Waals surface area contributed by atoms with Crippen LogP contribution in [0, 0.1) is 5.92 Å². The molecule has 0 radical (unpaired) electrons. The second-order valence-electron chi connectivity index (χ2n) is 5.21. The van der Waals surface area contributed by atoms with Crippen LogP contribution < -0.4 is 11.1 Å². The number of aliphatic imine (C=N–C) groups is 1. The molecule has 6 nitrogen and oxygen atoms in total. The summed E-state index contributed by atoms with van der Waals surface area (Å²) < 4.78 is 10.4. The smallest absolute Gasteiger partial charge is 0.330 e. The van der Waals surface area contributed by atoms with Crippen LogP contribution in [0.1, 0.15) is 19.8 Å². The fourth-order valence-electron chi connectivity index (χ4n) is 1.90. The maximum Gasteiger partial charge on any atom is 0.330 e. The van der Waals surface area contributed by atoms with Gasteiger partial charge in [-0.15, -0.1) is 0 Å². The zero-order chi connectivity index (χ0) is 18.9. The lowest BCUT2D eigenvalue weighted by atomic mass is 10.0. The van der Waals surface area contributed by atoms with Crippen LogP contribution in [-0.2, 0) is 14.3 Å². The normalized spacial score (nSPS) is 13.9. The van der Waals surface area contributed by atoms with Gasteiger partial charge in [-0.2, -0.15) is 0 Å². The molecule has 1 atom stereocenters. The zero-order valence-corrected chi connectivity index (χ0v) is 15.5. The number of ether oxygens (including phenoxy) is 2. The molecule has 0 saturated heterocycles. The molecule has 25 heavy (non-hydrogen) atoms. The average Bonchev–Trinajstić information content (AvgIpc) is 2.64. The molecule has 0 aliphatic rings. The van der Waals surface area contributed by atoms with Crippen LogP contribution in [-0.4, -0.2) is 45.7 Å². The molecule has 6 heteroatoms. The van der Waals surface area contributed by atoms with Crippen molar-refractivity contribution in [3.63, 3.8) is 0 Å². The number of allylic oxidation sites excluding steroid dienone is 3. The molecule has 0 saturated carbocycles. The lowest BCUT2D eigenvalue weighted by Gasteiger charge is -2.17. The monoisotopic (exact) mass is 349 g/mol. The molecule has 0 aromatic carbocycles. The van der Waals surface area contributed by atoms with E-state index in [1.165, 1.54) is 13.2 Å². The van der Waals surface area contributed by atoms with Gasteiger partial charge in [-0.25, -0.2) is 4.79 Å². The summed E-state index contributed by atoms with van der Waals surface area (Å²) in [5.41, 5.74) is 5.44. The van der Waals surface area contributed by atoms with Gasteiger partial charge in [0.25, 0.3) is 0 Å². The van der Waals surface area contributed by atoms with Crippen molar-refractivity contribution < 1.29 is 14.3 Å². The molecule has 0 fully saturated rings. The van der Waals surface area contributed by atoms with E-state index < -0.39 is 5.97 Å². The Kier molecular flexibility index (Phi) is 13.8. The summed E-state index contributed by atoms with van der Waals surface area (Å²) in [6.45, 7) is 7.62. The topological polar surface area (TPSA) is 85.9 Å². The van der Waals surface area contributed by atoms with E-state index in [0.717, 1.165) is 25.2 Å².